The van der Waals surface area contributed by atoms with Crippen LogP contribution in [0.25, 0.3) is 0 Å². The Bertz CT molecular complexity index is 417. The van der Waals surface area contributed by atoms with Crippen LogP contribution < -0.4 is 0 Å². The SMILES string of the molecule is OC(c1occc1Br)C1CCOC2(CCCCC2)C1. The minimum absolute atomic E-state index is 0.0290. The fourth-order valence-electron chi connectivity index (χ4n) is 3.61. The number of aliphatic hydroxyl groups is 1. The Hall–Kier alpha value is -0.320. The molecule has 1 N–H and O–H groups in total. The minimum atomic E-state index is -0.521. The molecule has 1 aliphatic carbocycles. The number of rotatable bonds is 2. The molecule has 1 aromatic rings. The van der Waals surface area contributed by atoms with Crippen molar-refractivity contribution in [2.45, 2.75) is 56.7 Å². The van der Waals surface area contributed by atoms with Gasteiger partial charge in [-0.2, -0.15) is 0 Å². The van der Waals surface area contributed by atoms with Crippen molar-refractivity contribution < 1.29 is 14.3 Å². The summed E-state index contributed by atoms with van der Waals surface area (Å²) in [5, 5.41) is 10.5. The second-order valence-corrected chi connectivity index (χ2v) is 6.78. The van der Waals surface area contributed by atoms with Crippen LogP contribution in [-0.2, 0) is 4.74 Å². The largest absolute Gasteiger partial charge is 0.465 e. The van der Waals surface area contributed by atoms with Gasteiger partial charge >= 0.3 is 0 Å². The fraction of sp³-hybridized carbons (Fsp3) is 0.733. The second kappa shape index (κ2) is 5.58. The number of halogens is 1. The summed E-state index contributed by atoms with van der Waals surface area (Å²) in [6.45, 7) is 0.764. The van der Waals surface area contributed by atoms with E-state index < -0.39 is 6.10 Å². The minimum Gasteiger partial charge on any atom is -0.465 e. The first kappa shape index (κ1) is 13.7. The predicted octanol–water partition coefficient (Wildman–Crippen LogP) is 4.21. The molecule has 3 nitrogen and oxygen atoms in total. The van der Waals surface area contributed by atoms with Crippen LogP contribution in [0, 0.1) is 5.92 Å². The number of hydrogen-bond donors (Lipinski definition) is 1. The molecule has 2 atom stereocenters. The molecule has 1 aromatic heterocycles. The van der Waals surface area contributed by atoms with Crippen LogP contribution in [0.3, 0.4) is 0 Å². The lowest BCUT2D eigenvalue weighted by molar-refractivity contribution is -0.135. The quantitative estimate of drug-likeness (QED) is 0.884. The molecule has 0 amide bonds. The molecule has 2 aliphatic rings. The Morgan fingerprint density at radius 3 is 2.79 bits per heavy atom. The van der Waals surface area contributed by atoms with Gasteiger partial charge in [0.15, 0.2) is 0 Å². The third-order valence-corrected chi connectivity index (χ3v) is 5.31. The number of hydrogen-bond acceptors (Lipinski definition) is 3. The average molecular weight is 329 g/mol. The lowest BCUT2D eigenvalue weighted by Crippen LogP contribution is -2.42. The first-order valence-corrected chi connectivity index (χ1v) is 8.04. The van der Waals surface area contributed by atoms with Gasteiger partial charge < -0.3 is 14.3 Å². The standard InChI is InChI=1S/C15H21BrO3/c16-12-5-8-18-14(12)13(17)11-4-9-19-15(10-11)6-2-1-3-7-15/h5,8,11,13,17H,1-4,6-7,9-10H2. The van der Waals surface area contributed by atoms with E-state index in [1.54, 1.807) is 6.26 Å². The summed E-state index contributed by atoms with van der Waals surface area (Å²) in [5.41, 5.74) is 0.0290. The van der Waals surface area contributed by atoms with Crippen molar-refractivity contribution in [2.75, 3.05) is 6.61 Å². The second-order valence-electron chi connectivity index (χ2n) is 5.92. The molecule has 1 aliphatic heterocycles. The predicted molar refractivity (Wildman–Crippen MR) is 75.9 cm³/mol. The molecule has 3 rings (SSSR count). The number of ether oxygens (including phenoxy) is 1. The maximum Gasteiger partial charge on any atom is 0.146 e. The van der Waals surface area contributed by atoms with E-state index in [2.05, 4.69) is 15.9 Å². The fourth-order valence-corrected chi connectivity index (χ4v) is 4.05. The van der Waals surface area contributed by atoms with Crippen LogP contribution in [0.2, 0.25) is 0 Å². The molecule has 1 saturated carbocycles. The van der Waals surface area contributed by atoms with Crippen molar-refractivity contribution in [1.82, 2.24) is 0 Å². The Morgan fingerprint density at radius 1 is 1.32 bits per heavy atom. The molecule has 2 fully saturated rings. The first-order valence-electron chi connectivity index (χ1n) is 7.25. The van der Waals surface area contributed by atoms with Gasteiger partial charge in [0.1, 0.15) is 11.9 Å². The van der Waals surface area contributed by atoms with Crippen LogP contribution in [0.1, 0.15) is 56.8 Å². The van der Waals surface area contributed by atoms with Crippen molar-refractivity contribution in [2.24, 2.45) is 5.92 Å². The third-order valence-electron chi connectivity index (χ3n) is 4.66. The van der Waals surface area contributed by atoms with Gasteiger partial charge in [0.25, 0.3) is 0 Å². The van der Waals surface area contributed by atoms with E-state index in [9.17, 15) is 5.11 Å². The Kier molecular flexibility index (Phi) is 4.01. The van der Waals surface area contributed by atoms with Gasteiger partial charge in [-0.05, 0) is 53.6 Å². The van der Waals surface area contributed by atoms with Gasteiger partial charge in [-0.25, -0.2) is 0 Å². The first-order chi connectivity index (χ1) is 9.20. The van der Waals surface area contributed by atoms with Crippen LogP contribution in [0.4, 0.5) is 0 Å². The average Bonchev–Trinajstić information content (AvgIpc) is 2.85. The van der Waals surface area contributed by atoms with Crippen molar-refractivity contribution in [3.63, 3.8) is 0 Å². The maximum atomic E-state index is 10.5. The molecule has 4 heteroatoms. The van der Waals surface area contributed by atoms with Gasteiger partial charge in [0.05, 0.1) is 16.3 Å². The number of furan rings is 1. The molecule has 2 heterocycles. The third kappa shape index (κ3) is 2.76. The Morgan fingerprint density at radius 2 is 2.11 bits per heavy atom. The van der Waals surface area contributed by atoms with E-state index >= 15 is 0 Å². The Balaban J connectivity index is 1.72. The van der Waals surface area contributed by atoms with Crippen molar-refractivity contribution in [3.8, 4) is 0 Å². The van der Waals surface area contributed by atoms with E-state index in [1.165, 1.54) is 19.3 Å². The zero-order valence-corrected chi connectivity index (χ0v) is 12.7. The molecule has 1 saturated heterocycles. The molecular weight excluding hydrogens is 308 g/mol. The summed E-state index contributed by atoms with van der Waals surface area (Å²) in [6.07, 6.45) is 9.11. The van der Waals surface area contributed by atoms with Gasteiger partial charge in [-0.1, -0.05) is 19.3 Å². The zero-order chi connectivity index (χ0) is 13.3. The smallest absolute Gasteiger partial charge is 0.146 e. The van der Waals surface area contributed by atoms with Gasteiger partial charge in [-0.15, -0.1) is 0 Å². The highest BCUT2D eigenvalue weighted by Gasteiger charge is 2.41. The monoisotopic (exact) mass is 328 g/mol. The normalized spacial score (nSPS) is 28.4. The molecule has 19 heavy (non-hydrogen) atoms. The van der Waals surface area contributed by atoms with Crippen molar-refractivity contribution >= 4 is 15.9 Å². The van der Waals surface area contributed by atoms with E-state index in [0.29, 0.717) is 5.76 Å². The molecular formula is C15H21BrO3. The van der Waals surface area contributed by atoms with E-state index in [-0.39, 0.29) is 11.5 Å². The molecule has 0 bridgehead atoms. The molecule has 0 radical (unpaired) electrons. The van der Waals surface area contributed by atoms with Gasteiger partial charge in [0, 0.05) is 6.61 Å². The topological polar surface area (TPSA) is 42.6 Å². The van der Waals surface area contributed by atoms with E-state index in [4.69, 9.17) is 9.15 Å². The van der Waals surface area contributed by atoms with Crippen molar-refractivity contribution in [3.05, 3.63) is 22.6 Å². The maximum absolute atomic E-state index is 10.5. The van der Waals surface area contributed by atoms with Crippen LogP contribution in [0.15, 0.2) is 21.2 Å². The summed E-state index contributed by atoms with van der Waals surface area (Å²) >= 11 is 3.44. The van der Waals surface area contributed by atoms with Gasteiger partial charge in [0.2, 0.25) is 0 Å². The van der Waals surface area contributed by atoms with Crippen LogP contribution in [0.5, 0.6) is 0 Å². The Labute approximate surface area is 122 Å². The van der Waals surface area contributed by atoms with E-state index in [1.807, 2.05) is 6.07 Å². The van der Waals surface area contributed by atoms with Crippen LogP contribution in [-0.4, -0.2) is 17.3 Å². The highest BCUT2D eigenvalue weighted by molar-refractivity contribution is 9.10. The summed E-state index contributed by atoms with van der Waals surface area (Å²) in [5.74, 6) is 0.909. The highest BCUT2D eigenvalue weighted by Crippen LogP contribution is 2.45. The molecule has 106 valence electrons. The molecule has 0 aromatic carbocycles. The summed E-state index contributed by atoms with van der Waals surface area (Å²) in [4.78, 5) is 0. The number of aliphatic hydroxyl groups excluding tert-OH is 1. The van der Waals surface area contributed by atoms with Crippen LogP contribution >= 0.6 is 15.9 Å². The highest BCUT2D eigenvalue weighted by atomic mass is 79.9. The van der Waals surface area contributed by atoms with E-state index in [0.717, 1.165) is 36.8 Å². The summed E-state index contributed by atoms with van der Waals surface area (Å²) < 4.78 is 12.4. The lowest BCUT2D eigenvalue weighted by atomic mass is 9.74. The summed E-state index contributed by atoms with van der Waals surface area (Å²) in [6, 6.07) is 1.84. The lowest BCUT2D eigenvalue weighted by Gasteiger charge is -2.44. The molecule has 2 unspecified atom stereocenters. The van der Waals surface area contributed by atoms with Crippen molar-refractivity contribution in [1.29, 1.82) is 0 Å². The molecule has 1 spiro atoms. The summed E-state index contributed by atoms with van der Waals surface area (Å²) in [7, 11) is 0. The van der Waals surface area contributed by atoms with Gasteiger partial charge in [-0.3, -0.25) is 0 Å². The zero-order valence-electron chi connectivity index (χ0n) is 11.1.